The fourth-order valence-electron chi connectivity index (χ4n) is 1.68. The van der Waals surface area contributed by atoms with Gasteiger partial charge in [-0.1, -0.05) is 24.3 Å². The summed E-state index contributed by atoms with van der Waals surface area (Å²) in [4.78, 5) is 23.1. The normalized spacial score (nSPS) is 19.5. The quantitative estimate of drug-likeness (QED) is 0.539. The lowest BCUT2D eigenvalue weighted by Gasteiger charge is -2.17. The first-order valence-corrected chi connectivity index (χ1v) is 5.05. The van der Waals surface area contributed by atoms with Crippen molar-refractivity contribution < 1.29 is 9.59 Å². The molecule has 0 spiro atoms. The first kappa shape index (κ1) is 10.1. The molecule has 2 rings (SSSR count). The number of halogens is 1. The van der Waals surface area contributed by atoms with E-state index in [1.807, 2.05) is 6.07 Å². The third-order valence-electron chi connectivity index (χ3n) is 2.44. The van der Waals surface area contributed by atoms with Gasteiger partial charge in [0.25, 0.3) is 0 Å². The Morgan fingerprint density at radius 1 is 1.33 bits per heavy atom. The summed E-state index contributed by atoms with van der Waals surface area (Å²) in [6.45, 7) is 1.38. The summed E-state index contributed by atoms with van der Waals surface area (Å²) >= 11 is 6.07. The molecular formula is C12H9ClO2. The molecule has 0 bridgehead atoms. The number of fused-ring (bicyclic) bond motifs is 1. The van der Waals surface area contributed by atoms with E-state index in [0.29, 0.717) is 5.56 Å². The van der Waals surface area contributed by atoms with Gasteiger partial charge in [-0.15, -0.1) is 11.6 Å². The number of ketones is 2. The molecule has 0 aromatic heterocycles. The van der Waals surface area contributed by atoms with Crippen LogP contribution in [0.25, 0.3) is 0 Å². The summed E-state index contributed by atoms with van der Waals surface area (Å²) in [6.07, 6.45) is 1.52. The number of carbonyl (C=O) groups excluding carboxylic acids is 2. The maximum absolute atomic E-state index is 11.9. The van der Waals surface area contributed by atoms with Gasteiger partial charge in [0.15, 0.2) is 11.6 Å². The molecule has 1 aromatic rings. The van der Waals surface area contributed by atoms with Gasteiger partial charge >= 0.3 is 0 Å². The highest BCUT2D eigenvalue weighted by Gasteiger charge is 2.27. The Morgan fingerprint density at radius 3 is 2.67 bits per heavy atom. The Bertz CT molecular complexity index is 474. The third-order valence-corrected chi connectivity index (χ3v) is 2.80. The monoisotopic (exact) mass is 220 g/mol. The zero-order valence-corrected chi connectivity index (χ0v) is 8.91. The summed E-state index contributed by atoms with van der Waals surface area (Å²) in [5.74, 6) is -0.463. The molecule has 1 aliphatic rings. The fraction of sp³-hybridized carbons (Fsp3) is 0.167. The van der Waals surface area contributed by atoms with Crippen LogP contribution < -0.4 is 0 Å². The Balaban J connectivity index is 2.58. The van der Waals surface area contributed by atoms with Gasteiger partial charge in [0.2, 0.25) is 0 Å². The molecule has 2 nitrogen and oxygen atoms in total. The van der Waals surface area contributed by atoms with Crippen LogP contribution in [0.4, 0.5) is 0 Å². The zero-order chi connectivity index (χ0) is 11.0. The van der Waals surface area contributed by atoms with Crippen molar-refractivity contribution in [1.29, 1.82) is 0 Å². The summed E-state index contributed by atoms with van der Waals surface area (Å²) in [5.41, 5.74) is 1.49. The lowest BCUT2D eigenvalue weighted by atomic mass is 9.88. The molecule has 3 heteroatoms. The highest BCUT2D eigenvalue weighted by atomic mass is 35.5. The molecule has 0 fully saturated rings. The summed E-state index contributed by atoms with van der Waals surface area (Å²) < 4.78 is 0. The minimum Gasteiger partial charge on any atom is -0.294 e. The number of hydrogen-bond donors (Lipinski definition) is 0. The second-order valence-electron chi connectivity index (χ2n) is 3.45. The van der Waals surface area contributed by atoms with Crippen LogP contribution in [-0.2, 0) is 4.79 Å². The van der Waals surface area contributed by atoms with Crippen LogP contribution in [0.5, 0.6) is 0 Å². The van der Waals surface area contributed by atoms with Crippen LogP contribution in [0, 0.1) is 0 Å². The summed E-state index contributed by atoms with van der Waals surface area (Å²) in [6, 6.07) is 7.10. The van der Waals surface area contributed by atoms with E-state index in [-0.39, 0.29) is 17.1 Å². The third kappa shape index (κ3) is 1.61. The molecule has 15 heavy (non-hydrogen) atoms. The van der Waals surface area contributed by atoms with Crippen LogP contribution in [0.1, 0.15) is 28.2 Å². The largest absolute Gasteiger partial charge is 0.294 e. The number of allylic oxidation sites excluding steroid dienone is 2. The molecule has 0 amide bonds. The molecule has 1 aromatic carbocycles. The first-order valence-electron chi connectivity index (χ1n) is 4.61. The van der Waals surface area contributed by atoms with Crippen molar-refractivity contribution >= 4 is 23.2 Å². The highest BCUT2D eigenvalue weighted by Crippen LogP contribution is 2.32. The van der Waals surface area contributed by atoms with Gasteiger partial charge in [0.1, 0.15) is 0 Å². The Kier molecular flexibility index (Phi) is 2.45. The molecule has 0 N–H and O–H groups in total. The van der Waals surface area contributed by atoms with Gasteiger partial charge in [-0.05, 0) is 18.6 Å². The van der Waals surface area contributed by atoms with E-state index < -0.39 is 5.38 Å². The summed E-state index contributed by atoms with van der Waals surface area (Å²) in [7, 11) is 0. The average Bonchev–Trinajstić information content (AvgIpc) is 2.23. The van der Waals surface area contributed by atoms with E-state index in [4.69, 9.17) is 11.6 Å². The zero-order valence-electron chi connectivity index (χ0n) is 8.16. The molecule has 0 saturated heterocycles. The molecular weight excluding hydrogens is 212 g/mol. The predicted molar refractivity (Wildman–Crippen MR) is 58.1 cm³/mol. The van der Waals surface area contributed by atoms with Gasteiger partial charge in [-0.25, -0.2) is 0 Å². The fourth-order valence-corrected chi connectivity index (χ4v) is 1.99. The number of alkyl halides is 1. The van der Waals surface area contributed by atoms with Gasteiger partial charge in [-0.3, -0.25) is 9.59 Å². The number of carbonyl (C=O) groups is 2. The molecule has 1 aliphatic carbocycles. The van der Waals surface area contributed by atoms with Crippen molar-refractivity contribution in [3.63, 3.8) is 0 Å². The second kappa shape index (κ2) is 3.63. The maximum atomic E-state index is 11.9. The second-order valence-corrected chi connectivity index (χ2v) is 3.92. The van der Waals surface area contributed by atoms with E-state index in [1.165, 1.54) is 13.0 Å². The van der Waals surface area contributed by atoms with E-state index in [1.54, 1.807) is 18.2 Å². The Labute approximate surface area is 92.6 Å². The van der Waals surface area contributed by atoms with E-state index >= 15 is 0 Å². The van der Waals surface area contributed by atoms with E-state index in [9.17, 15) is 9.59 Å². The average molecular weight is 221 g/mol. The number of hydrogen-bond acceptors (Lipinski definition) is 2. The minimum absolute atomic E-state index is 0.189. The smallest absolute Gasteiger partial charge is 0.196 e. The van der Waals surface area contributed by atoms with Gasteiger partial charge in [-0.2, -0.15) is 0 Å². The van der Waals surface area contributed by atoms with E-state index in [0.717, 1.165) is 5.56 Å². The lowest BCUT2D eigenvalue weighted by molar-refractivity contribution is -0.113. The minimum atomic E-state index is -0.391. The molecule has 76 valence electrons. The summed E-state index contributed by atoms with van der Waals surface area (Å²) in [5, 5.41) is -0.391. The number of benzene rings is 1. The first-order chi connectivity index (χ1) is 7.11. The molecule has 1 atom stereocenters. The predicted octanol–water partition coefficient (Wildman–Crippen LogP) is 2.68. The molecule has 0 aliphatic heterocycles. The van der Waals surface area contributed by atoms with Crippen LogP contribution >= 0.6 is 11.6 Å². The Hall–Kier alpha value is -1.41. The van der Waals surface area contributed by atoms with Gasteiger partial charge in [0.05, 0.1) is 11.0 Å². The van der Waals surface area contributed by atoms with Crippen molar-refractivity contribution in [2.45, 2.75) is 12.3 Å². The molecule has 0 saturated carbocycles. The van der Waals surface area contributed by atoms with Crippen LogP contribution in [0.15, 0.2) is 35.9 Å². The molecule has 0 heterocycles. The standard InChI is InChI=1S/C12H9ClO2/c1-7(14)10-6-11(13)8-4-2-3-5-9(8)12(10)15/h2-6,11H,1H3. The molecule has 1 unspecified atom stereocenters. The van der Waals surface area contributed by atoms with Crippen LogP contribution in [-0.4, -0.2) is 11.6 Å². The van der Waals surface area contributed by atoms with Crippen molar-refractivity contribution in [2.24, 2.45) is 0 Å². The van der Waals surface area contributed by atoms with Gasteiger partial charge < -0.3 is 0 Å². The van der Waals surface area contributed by atoms with Crippen molar-refractivity contribution in [2.75, 3.05) is 0 Å². The molecule has 0 radical (unpaired) electrons. The SMILES string of the molecule is CC(=O)C1=CC(Cl)c2ccccc2C1=O. The van der Waals surface area contributed by atoms with Crippen LogP contribution in [0.3, 0.4) is 0 Å². The van der Waals surface area contributed by atoms with Crippen molar-refractivity contribution in [1.82, 2.24) is 0 Å². The highest BCUT2D eigenvalue weighted by molar-refractivity contribution is 6.31. The topological polar surface area (TPSA) is 34.1 Å². The van der Waals surface area contributed by atoms with Gasteiger partial charge in [0, 0.05) is 5.56 Å². The van der Waals surface area contributed by atoms with Crippen LogP contribution in [0.2, 0.25) is 0 Å². The van der Waals surface area contributed by atoms with Crippen molar-refractivity contribution in [3.8, 4) is 0 Å². The maximum Gasteiger partial charge on any atom is 0.196 e. The lowest BCUT2D eigenvalue weighted by Crippen LogP contribution is -2.17. The number of Topliss-reactive ketones (excluding diaryl/α,β-unsaturated/α-hetero) is 2. The number of rotatable bonds is 1. The Morgan fingerprint density at radius 2 is 2.00 bits per heavy atom. The van der Waals surface area contributed by atoms with Crippen molar-refractivity contribution in [3.05, 3.63) is 47.0 Å². The van der Waals surface area contributed by atoms with E-state index in [2.05, 4.69) is 0 Å².